The van der Waals surface area contributed by atoms with Gasteiger partial charge in [-0.2, -0.15) is 0 Å². The zero-order valence-electron chi connectivity index (χ0n) is 22.7. The van der Waals surface area contributed by atoms with Crippen molar-refractivity contribution in [2.24, 2.45) is 11.5 Å². The molecule has 1 aliphatic heterocycles. The minimum absolute atomic E-state index is 0.0325. The van der Waals surface area contributed by atoms with Crippen LogP contribution in [0.15, 0.2) is 24.3 Å². The zero-order chi connectivity index (χ0) is 31.1. The van der Waals surface area contributed by atoms with E-state index >= 15 is 0 Å². The Morgan fingerprint density at radius 3 is 2.10 bits per heavy atom. The van der Waals surface area contributed by atoms with E-state index in [0.717, 1.165) is 0 Å². The average Bonchev–Trinajstić information content (AvgIpc) is 2.92. The number of rotatable bonds is 7. The van der Waals surface area contributed by atoms with Gasteiger partial charge in [-0.15, -0.1) is 0 Å². The number of phenolic OH excluding ortho intramolecular Hbond substituents is 1. The molecule has 1 heterocycles. The molecule has 1 saturated heterocycles. The second-order valence-corrected chi connectivity index (χ2v) is 12.0. The van der Waals surface area contributed by atoms with E-state index in [1.54, 1.807) is 12.1 Å². The number of hydrogen-bond donors (Lipinski definition) is 8. The number of aromatic hydroxyl groups is 1. The van der Waals surface area contributed by atoms with Crippen LogP contribution in [0.4, 0.5) is 0 Å². The number of benzene rings is 1. The van der Waals surface area contributed by atoms with Crippen molar-refractivity contribution in [3.05, 3.63) is 29.8 Å². The van der Waals surface area contributed by atoms with Crippen LogP contribution in [0, 0.1) is 0 Å². The fraction of sp³-hybridized carbons (Fsp3) is 0.480. The Hall–Kier alpha value is -3.99. The summed E-state index contributed by atoms with van der Waals surface area (Å²) in [6.07, 6.45) is -0.847. The Morgan fingerprint density at radius 1 is 0.786 bits per heavy atom. The molecule has 0 spiro atoms. The maximum Gasteiger partial charge on any atom is 0.243 e. The summed E-state index contributed by atoms with van der Waals surface area (Å²) in [6.45, 7) is -0.399. The summed E-state index contributed by atoms with van der Waals surface area (Å²) in [6, 6.07) is 2.35. The molecule has 10 N–H and O–H groups in total. The smallest absolute Gasteiger partial charge is 0.243 e. The van der Waals surface area contributed by atoms with E-state index in [-0.39, 0.29) is 38.0 Å². The minimum atomic E-state index is -1.34. The maximum absolute atomic E-state index is 13.0. The van der Waals surface area contributed by atoms with E-state index < -0.39 is 72.4 Å². The molecule has 1 aromatic rings. The topological polar surface area (TPSA) is 252 Å². The average molecular weight is 626 g/mol. The maximum atomic E-state index is 13.0. The third kappa shape index (κ3) is 13.1. The quantitative estimate of drug-likeness (QED) is 0.148. The highest BCUT2D eigenvalue weighted by Crippen LogP contribution is 2.21. The standard InChI is InChI=1S/C25H35N7O8S2/c26-19(34)6-5-16-25(40)32-18(12-20(27)35)23(38)28-8-10-42-41-9-7-21(36)31-17(24(39)29-13-22(37)30-16)11-14-1-3-15(33)4-2-14/h1-4,16-18,33H,5-13H2,(H2,26,34)(H2,27,35)(H,28,38)(H,29,39)(H,30,37)(H,31,36)(H,32,40)/t16?,17-,18?/m0/s1. The first-order chi connectivity index (χ1) is 19.9. The Bertz CT molecular complexity index is 1150. The Morgan fingerprint density at radius 2 is 1.43 bits per heavy atom. The van der Waals surface area contributed by atoms with Crippen molar-refractivity contribution in [2.75, 3.05) is 24.6 Å². The predicted octanol–water partition coefficient (Wildman–Crippen LogP) is -2.45. The lowest BCUT2D eigenvalue weighted by molar-refractivity contribution is -0.134. The van der Waals surface area contributed by atoms with Crippen molar-refractivity contribution < 1.29 is 38.7 Å². The summed E-state index contributed by atoms with van der Waals surface area (Å²) in [7, 11) is 2.76. The van der Waals surface area contributed by atoms with Gasteiger partial charge in [-0.3, -0.25) is 33.6 Å². The lowest BCUT2D eigenvalue weighted by Gasteiger charge is -2.23. The van der Waals surface area contributed by atoms with Crippen LogP contribution in [0.2, 0.25) is 0 Å². The molecule has 230 valence electrons. The summed E-state index contributed by atoms with van der Waals surface area (Å²) in [4.78, 5) is 86.8. The van der Waals surface area contributed by atoms with Crippen molar-refractivity contribution in [2.45, 2.75) is 50.2 Å². The third-order valence-corrected chi connectivity index (χ3v) is 8.21. The number of carbonyl (C=O) groups excluding carboxylic acids is 7. The summed E-state index contributed by atoms with van der Waals surface area (Å²) in [5.41, 5.74) is 11.1. The summed E-state index contributed by atoms with van der Waals surface area (Å²) in [5, 5.41) is 22.0. The van der Waals surface area contributed by atoms with Gasteiger partial charge < -0.3 is 43.2 Å². The fourth-order valence-electron chi connectivity index (χ4n) is 3.71. The summed E-state index contributed by atoms with van der Waals surface area (Å²) < 4.78 is 0. The number of hydrogen-bond acceptors (Lipinski definition) is 10. The highest BCUT2D eigenvalue weighted by Gasteiger charge is 2.29. The molecule has 42 heavy (non-hydrogen) atoms. The molecule has 2 rings (SSSR count). The van der Waals surface area contributed by atoms with Crippen LogP contribution in [0.5, 0.6) is 5.75 Å². The largest absolute Gasteiger partial charge is 0.508 e. The highest BCUT2D eigenvalue weighted by molar-refractivity contribution is 8.76. The van der Waals surface area contributed by atoms with Crippen molar-refractivity contribution in [3.8, 4) is 5.75 Å². The predicted molar refractivity (Wildman–Crippen MR) is 155 cm³/mol. The monoisotopic (exact) mass is 625 g/mol. The van der Waals surface area contributed by atoms with Crippen molar-refractivity contribution >= 4 is 62.9 Å². The molecule has 17 heteroatoms. The van der Waals surface area contributed by atoms with Gasteiger partial charge in [0, 0.05) is 37.3 Å². The molecule has 0 aromatic heterocycles. The first-order valence-corrected chi connectivity index (χ1v) is 15.5. The van der Waals surface area contributed by atoms with Crippen molar-refractivity contribution in [1.82, 2.24) is 26.6 Å². The number of primary amides is 2. The van der Waals surface area contributed by atoms with Gasteiger partial charge in [0.2, 0.25) is 41.4 Å². The zero-order valence-corrected chi connectivity index (χ0v) is 24.3. The van der Waals surface area contributed by atoms with Gasteiger partial charge >= 0.3 is 0 Å². The Labute approximate surface area is 249 Å². The van der Waals surface area contributed by atoms with Crippen LogP contribution in [0.25, 0.3) is 0 Å². The van der Waals surface area contributed by atoms with Gasteiger partial charge in [-0.05, 0) is 24.1 Å². The Kier molecular flexibility index (Phi) is 14.5. The lowest BCUT2D eigenvalue weighted by Crippen LogP contribution is -2.56. The molecule has 1 aliphatic rings. The molecule has 7 amide bonds. The van der Waals surface area contributed by atoms with Crippen LogP contribution >= 0.6 is 21.6 Å². The summed E-state index contributed by atoms with van der Waals surface area (Å²) >= 11 is 0. The van der Waals surface area contributed by atoms with Crippen molar-refractivity contribution in [1.29, 1.82) is 0 Å². The van der Waals surface area contributed by atoms with Gasteiger partial charge in [0.15, 0.2) is 0 Å². The highest BCUT2D eigenvalue weighted by atomic mass is 33.1. The van der Waals surface area contributed by atoms with Gasteiger partial charge in [0.25, 0.3) is 0 Å². The van der Waals surface area contributed by atoms with Crippen LogP contribution in [0.1, 0.15) is 31.2 Å². The Balaban J connectivity index is 2.23. The lowest BCUT2D eigenvalue weighted by atomic mass is 10.0. The van der Waals surface area contributed by atoms with Crippen LogP contribution in [0.3, 0.4) is 0 Å². The van der Waals surface area contributed by atoms with Crippen LogP contribution < -0.4 is 38.1 Å². The van der Waals surface area contributed by atoms with Crippen LogP contribution in [-0.2, 0) is 40.0 Å². The number of phenols is 1. The number of amides is 7. The molecule has 0 bridgehead atoms. The van der Waals surface area contributed by atoms with E-state index in [9.17, 15) is 38.7 Å². The first-order valence-electron chi connectivity index (χ1n) is 13.0. The molecule has 1 aromatic carbocycles. The first kappa shape index (κ1) is 34.2. The minimum Gasteiger partial charge on any atom is -0.508 e. The van der Waals surface area contributed by atoms with Crippen LogP contribution in [-0.4, -0.2) is 89.2 Å². The SMILES string of the molecule is NC(=O)CCC1NC(=O)CNC(=O)[C@H](Cc2ccc(O)cc2)NC(=O)CCSSCCNC(=O)C(CC(N)=O)NC1=O. The van der Waals surface area contributed by atoms with E-state index in [1.165, 1.54) is 33.7 Å². The molecule has 3 atom stereocenters. The number of nitrogens with two attached hydrogens (primary N) is 2. The van der Waals surface area contributed by atoms with Gasteiger partial charge in [-0.25, -0.2) is 0 Å². The molecular weight excluding hydrogens is 590 g/mol. The molecule has 1 fully saturated rings. The van der Waals surface area contributed by atoms with E-state index in [0.29, 0.717) is 17.1 Å². The second kappa shape index (κ2) is 17.7. The number of nitrogens with one attached hydrogen (secondary N) is 5. The number of carbonyl (C=O) groups is 7. The van der Waals surface area contributed by atoms with Gasteiger partial charge in [0.1, 0.15) is 23.9 Å². The molecule has 2 unspecified atom stereocenters. The van der Waals surface area contributed by atoms with E-state index in [4.69, 9.17) is 11.5 Å². The molecule has 0 saturated carbocycles. The molecule has 15 nitrogen and oxygen atoms in total. The van der Waals surface area contributed by atoms with Gasteiger partial charge in [0.05, 0.1) is 13.0 Å². The van der Waals surface area contributed by atoms with Gasteiger partial charge in [-0.1, -0.05) is 33.7 Å². The normalized spacial score (nSPS) is 22.0. The van der Waals surface area contributed by atoms with E-state index in [2.05, 4.69) is 26.6 Å². The fourth-order valence-corrected chi connectivity index (χ4v) is 5.61. The third-order valence-electron chi connectivity index (χ3n) is 5.80. The summed E-state index contributed by atoms with van der Waals surface area (Å²) in [5.74, 6) is -4.12. The molecule has 0 radical (unpaired) electrons. The van der Waals surface area contributed by atoms with E-state index in [1.807, 2.05) is 0 Å². The second-order valence-electron chi connectivity index (χ2n) is 9.25. The molecular formula is C25H35N7O8S2. The molecule has 0 aliphatic carbocycles. The van der Waals surface area contributed by atoms with Crippen molar-refractivity contribution in [3.63, 3.8) is 0 Å².